The number of nitrogens with two attached hydrogens (primary N) is 1. The van der Waals surface area contributed by atoms with Crippen LogP contribution in [0.25, 0.3) is 5.69 Å². The van der Waals surface area contributed by atoms with Crippen molar-refractivity contribution in [2.24, 2.45) is 0 Å². The Balaban J connectivity index is 2.57. The number of nitrogen functional groups attached to an aromatic ring is 1. The largest absolute Gasteiger partial charge is 0.418 e. The number of aromatic nitrogens is 2. The lowest BCUT2D eigenvalue weighted by molar-refractivity contribution is -0.136. The second kappa shape index (κ2) is 4.04. The third-order valence-electron chi connectivity index (χ3n) is 2.60. The standard InChI is InChI=1S/C12H12F3N3/c1-7-5-8(2)18(17-7)9-3-4-11(16)10(6-9)12(13,14)15/h3-6H,16H2,1-2H3. The van der Waals surface area contributed by atoms with Crippen molar-refractivity contribution in [2.45, 2.75) is 20.0 Å². The number of halogens is 3. The highest BCUT2D eigenvalue weighted by molar-refractivity contribution is 5.54. The summed E-state index contributed by atoms with van der Waals surface area (Å²) in [5, 5.41) is 4.14. The maximum absolute atomic E-state index is 12.7. The third-order valence-corrected chi connectivity index (χ3v) is 2.60. The summed E-state index contributed by atoms with van der Waals surface area (Å²) in [6.07, 6.45) is -4.46. The molecule has 96 valence electrons. The second-order valence-electron chi connectivity index (χ2n) is 4.11. The zero-order valence-electron chi connectivity index (χ0n) is 9.92. The van der Waals surface area contributed by atoms with E-state index in [1.165, 1.54) is 16.8 Å². The van der Waals surface area contributed by atoms with E-state index in [0.29, 0.717) is 5.69 Å². The van der Waals surface area contributed by atoms with Crippen molar-refractivity contribution in [1.29, 1.82) is 0 Å². The highest BCUT2D eigenvalue weighted by Gasteiger charge is 2.33. The number of aryl methyl sites for hydroxylation is 2. The maximum Gasteiger partial charge on any atom is 0.418 e. The number of hydrogen-bond acceptors (Lipinski definition) is 2. The van der Waals surface area contributed by atoms with Crippen molar-refractivity contribution >= 4 is 5.69 Å². The molecule has 0 aliphatic carbocycles. The SMILES string of the molecule is Cc1cc(C)n(-c2ccc(N)c(C(F)(F)F)c2)n1. The Labute approximate surface area is 102 Å². The Kier molecular flexibility index (Phi) is 2.80. The van der Waals surface area contributed by atoms with E-state index in [1.807, 2.05) is 0 Å². The van der Waals surface area contributed by atoms with Gasteiger partial charge >= 0.3 is 6.18 Å². The van der Waals surface area contributed by atoms with Crippen LogP contribution in [0, 0.1) is 13.8 Å². The number of alkyl halides is 3. The molecule has 1 heterocycles. The van der Waals surface area contributed by atoms with Gasteiger partial charge in [-0.05, 0) is 38.1 Å². The van der Waals surface area contributed by atoms with Gasteiger partial charge in [-0.2, -0.15) is 18.3 Å². The molecule has 1 aromatic heterocycles. The summed E-state index contributed by atoms with van der Waals surface area (Å²) >= 11 is 0. The molecule has 2 aromatic rings. The smallest absolute Gasteiger partial charge is 0.398 e. The molecule has 6 heteroatoms. The van der Waals surface area contributed by atoms with Crippen LogP contribution >= 0.6 is 0 Å². The van der Waals surface area contributed by atoms with E-state index in [-0.39, 0.29) is 5.69 Å². The van der Waals surface area contributed by atoms with E-state index in [1.54, 1.807) is 19.9 Å². The quantitative estimate of drug-likeness (QED) is 0.796. The first-order valence-electron chi connectivity index (χ1n) is 5.29. The van der Waals surface area contributed by atoms with E-state index < -0.39 is 11.7 Å². The minimum absolute atomic E-state index is 0.284. The molecule has 2 N–H and O–H groups in total. The first-order valence-corrected chi connectivity index (χ1v) is 5.29. The minimum Gasteiger partial charge on any atom is -0.398 e. The van der Waals surface area contributed by atoms with Crippen LogP contribution in [-0.4, -0.2) is 9.78 Å². The Morgan fingerprint density at radius 3 is 2.33 bits per heavy atom. The zero-order chi connectivity index (χ0) is 13.5. The summed E-state index contributed by atoms with van der Waals surface area (Å²) in [6, 6.07) is 5.57. The van der Waals surface area contributed by atoms with Crippen molar-refractivity contribution in [3.05, 3.63) is 41.2 Å². The van der Waals surface area contributed by atoms with Crippen LogP contribution in [0.15, 0.2) is 24.3 Å². The third kappa shape index (κ3) is 2.18. The fourth-order valence-electron chi connectivity index (χ4n) is 1.81. The van der Waals surface area contributed by atoms with Gasteiger partial charge in [0.1, 0.15) is 0 Å². The van der Waals surface area contributed by atoms with Crippen LogP contribution in [0.3, 0.4) is 0 Å². The predicted octanol–water partition coefficient (Wildman–Crippen LogP) is 3.09. The van der Waals surface area contributed by atoms with Gasteiger partial charge in [0.15, 0.2) is 0 Å². The van der Waals surface area contributed by atoms with Gasteiger partial charge in [0.2, 0.25) is 0 Å². The molecule has 0 amide bonds. The number of anilines is 1. The van der Waals surface area contributed by atoms with Crippen molar-refractivity contribution in [1.82, 2.24) is 9.78 Å². The molecule has 0 aliphatic heterocycles. The number of benzene rings is 1. The van der Waals surface area contributed by atoms with Crippen LogP contribution in [0.1, 0.15) is 17.0 Å². The highest BCUT2D eigenvalue weighted by atomic mass is 19.4. The summed E-state index contributed by atoms with van der Waals surface area (Å²) < 4.78 is 39.7. The van der Waals surface area contributed by atoms with Gasteiger partial charge in [0, 0.05) is 11.4 Å². The van der Waals surface area contributed by atoms with Crippen LogP contribution in [0.4, 0.5) is 18.9 Å². The average molecular weight is 255 g/mol. The molecule has 0 aliphatic rings. The summed E-state index contributed by atoms with van der Waals surface area (Å²) in [5.74, 6) is 0. The Bertz CT molecular complexity index is 585. The predicted molar refractivity (Wildman–Crippen MR) is 62.5 cm³/mol. The fraction of sp³-hybridized carbons (Fsp3) is 0.250. The van der Waals surface area contributed by atoms with Gasteiger partial charge in [-0.25, -0.2) is 4.68 Å². The Morgan fingerprint density at radius 2 is 1.83 bits per heavy atom. The van der Waals surface area contributed by atoms with Crippen molar-refractivity contribution in [2.75, 3.05) is 5.73 Å². The molecule has 18 heavy (non-hydrogen) atoms. The molecular weight excluding hydrogens is 243 g/mol. The van der Waals surface area contributed by atoms with Gasteiger partial charge < -0.3 is 5.73 Å². The van der Waals surface area contributed by atoms with Crippen molar-refractivity contribution < 1.29 is 13.2 Å². The lowest BCUT2D eigenvalue weighted by Crippen LogP contribution is -2.10. The molecule has 0 saturated heterocycles. The van der Waals surface area contributed by atoms with Crippen LogP contribution < -0.4 is 5.73 Å². The summed E-state index contributed by atoms with van der Waals surface area (Å²) in [6.45, 7) is 3.56. The maximum atomic E-state index is 12.7. The summed E-state index contributed by atoms with van der Waals surface area (Å²) in [7, 11) is 0. The number of hydrogen-bond donors (Lipinski definition) is 1. The first-order chi connectivity index (χ1) is 8.29. The summed E-state index contributed by atoms with van der Waals surface area (Å²) in [4.78, 5) is 0. The first kappa shape index (κ1) is 12.5. The summed E-state index contributed by atoms with van der Waals surface area (Å²) in [5.41, 5.74) is 6.09. The molecule has 0 saturated carbocycles. The van der Waals surface area contributed by atoms with Gasteiger partial charge in [0.05, 0.1) is 16.9 Å². The minimum atomic E-state index is -4.46. The van der Waals surface area contributed by atoms with Crippen molar-refractivity contribution in [3.8, 4) is 5.69 Å². The van der Waals surface area contributed by atoms with Crippen LogP contribution in [0.2, 0.25) is 0 Å². The Morgan fingerprint density at radius 1 is 1.17 bits per heavy atom. The van der Waals surface area contributed by atoms with Gasteiger partial charge in [-0.3, -0.25) is 0 Å². The molecule has 0 fully saturated rings. The average Bonchev–Trinajstić information content (AvgIpc) is 2.57. The van der Waals surface area contributed by atoms with Gasteiger partial charge in [0.25, 0.3) is 0 Å². The monoisotopic (exact) mass is 255 g/mol. The molecule has 2 rings (SSSR count). The van der Waals surface area contributed by atoms with Crippen LogP contribution in [-0.2, 0) is 6.18 Å². The zero-order valence-corrected chi connectivity index (χ0v) is 9.92. The van der Waals surface area contributed by atoms with E-state index in [2.05, 4.69) is 5.10 Å². The van der Waals surface area contributed by atoms with E-state index in [9.17, 15) is 13.2 Å². The van der Waals surface area contributed by atoms with Crippen LogP contribution in [0.5, 0.6) is 0 Å². The molecular formula is C12H12F3N3. The van der Waals surface area contributed by atoms with E-state index in [4.69, 9.17) is 5.73 Å². The number of nitrogens with zero attached hydrogens (tertiary/aromatic N) is 2. The highest BCUT2D eigenvalue weighted by Crippen LogP contribution is 2.34. The van der Waals surface area contributed by atoms with Crippen molar-refractivity contribution in [3.63, 3.8) is 0 Å². The molecule has 0 bridgehead atoms. The topological polar surface area (TPSA) is 43.8 Å². The number of rotatable bonds is 1. The van der Waals surface area contributed by atoms with Gasteiger partial charge in [-0.1, -0.05) is 0 Å². The Hall–Kier alpha value is -1.98. The molecule has 0 unspecified atom stereocenters. The van der Waals surface area contributed by atoms with E-state index >= 15 is 0 Å². The fourth-order valence-corrected chi connectivity index (χ4v) is 1.81. The van der Waals surface area contributed by atoms with Gasteiger partial charge in [-0.15, -0.1) is 0 Å². The molecule has 3 nitrogen and oxygen atoms in total. The molecule has 0 atom stereocenters. The lowest BCUT2D eigenvalue weighted by Gasteiger charge is -2.12. The molecule has 0 spiro atoms. The normalized spacial score (nSPS) is 11.8. The molecule has 1 aromatic carbocycles. The second-order valence-corrected chi connectivity index (χ2v) is 4.11. The van der Waals surface area contributed by atoms with E-state index in [0.717, 1.165) is 17.5 Å². The lowest BCUT2D eigenvalue weighted by atomic mass is 10.1. The molecule has 0 radical (unpaired) electrons.